The normalized spacial score (nSPS) is 25.3. The van der Waals surface area contributed by atoms with Gasteiger partial charge in [-0.1, -0.05) is 34.1 Å². The zero-order valence-corrected chi connectivity index (χ0v) is 11.8. The van der Waals surface area contributed by atoms with Crippen molar-refractivity contribution < 1.29 is 4.79 Å². The summed E-state index contributed by atoms with van der Waals surface area (Å²) in [5, 5.41) is 6.43. The Morgan fingerprint density at radius 2 is 2.18 bits per heavy atom. The predicted molar refractivity (Wildman–Crippen MR) is 71.9 cm³/mol. The molecule has 0 aromatic rings. The molecule has 1 aliphatic rings. The van der Waals surface area contributed by atoms with E-state index in [2.05, 4.69) is 31.4 Å². The minimum Gasteiger partial charge on any atom is -0.353 e. The molecule has 1 saturated carbocycles. The van der Waals surface area contributed by atoms with E-state index in [0.29, 0.717) is 11.5 Å². The highest BCUT2D eigenvalue weighted by Gasteiger charge is 2.29. The molecule has 0 aliphatic heterocycles. The summed E-state index contributed by atoms with van der Waals surface area (Å²) in [6.45, 7) is 10.4. The van der Waals surface area contributed by atoms with Crippen LogP contribution in [0.5, 0.6) is 0 Å². The van der Waals surface area contributed by atoms with Crippen molar-refractivity contribution in [2.24, 2.45) is 11.3 Å². The lowest BCUT2D eigenvalue weighted by Gasteiger charge is -2.36. The van der Waals surface area contributed by atoms with E-state index in [0.717, 1.165) is 25.9 Å². The minimum atomic E-state index is 0.0694. The molecule has 0 radical (unpaired) electrons. The number of hydrogen-bond acceptors (Lipinski definition) is 2. The Balaban J connectivity index is 2.35. The fourth-order valence-electron chi connectivity index (χ4n) is 2.62. The maximum absolute atomic E-state index is 12.0. The Morgan fingerprint density at radius 1 is 1.47 bits per heavy atom. The quantitative estimate of drug-likeness (QED) is 0.774. The fraction of sp³-hybridized carbons (Fsp3) is 0.929. The summed E-state index contributed by atoms with van der Waals surface area (Å²) in [6, 6.07) is 0.385. The van der Waals surface area contributed by atoms with Gasteiger partial charge in [0, 0.05) is 18.5 Å². The molecule has 1 rings (SSSR count). The average Bonchev–Trinajstić information content (AvgIpc) is 2.24. The van der Waals surface area contributed by atoms with Crippen LogP contribution in [0.1, 0.15) is 53.4 Å². The Kier molecular flexibility index (Phi) is 5.44. The standard InChI is InChI=1S/C14H28N2O/c1-5-15-10-11(2)13(17)16-12-7-6-8-14(3,4)9-12/h11-12,15H,5-10H2,1-4H3,(H,16,17). The van der Waals surface area contributed by atoms with Crippen LogP contribution in [0, 0.1) is 11.3 Å². The van der Waals surface area contributed by atoms with Crippen molar-refractivity contribution in [3.63, 3.8) is 0 Å². The summed E-state index contributed by atoms with van der Waals surface area (Å²) in [6.07, 6.45) is 4.78. The summed E-state index contributed by atoms with van der Waals surface area (Å²) >= 11 is 0. The van der Waals surface area contributed by atoms with Gasteiger partial charge in [0.15, 0.2) is 0 Å². The lowest BCUT2D eigenvalue weighted by molar-refractivity contribution is -0.125. The molecule has 100 valence electrons. The number of carbonyl (C=O) groups excluding carboxylic acids is 1. The highest BCUT2D eigenvalue weighted by atomic mass is 16.1. The van der Waals surface area contributed by atoms with E-state index in [4.69, 9.17) is 0 Å². The van der Waals surface area contributed by atoms with Crippen LogP contribution in [0.2, 0.25) is 0 Å². The summed E-state index contributed by atoms with van der Waals surface area (Å²) in [5.41, 5.74) is 0.390. The largest absolute Gasteiger partial charge is 0.353 e. The second-order valence-corrected chi connectivity index (χ2v) is 6.17. The molecule has 2 N–H and O–H groups in total. The van der Waals surface area contributed by atoms with Gasteiger partial charge in [0.1, 0.15) is 0 Å². The zero-order chi connectivity index (χ0) is 12.9. The number of amides is 1. The molecule has 0 bridgehead atoms. The first kappa shape index (κ1) is 14.5. The third kappa shape index (κ3) is 5.07. The molecule has 0 heterocycles. The van der Waals surface area contributed by atoms with Crippen LogP contribution in [0.4, 0.5) is 0 Å². The van der Waals surface area contributed by atoms with Crippen molar-refractivity contribution in [3.05, 3.63) is 0 Å². The molecule has 1 fully saturated rings. The van der Waals surface area contributed by atoms with Gasteiger partial charge in [-0.15, -0.1) is 0 Å². The van der Waals surface area contributed by atoms with Crippen molar-refractivity contribution >= 4 is 5.91 Å². The number of carbonyl (C=O) groups is 1. The van der Waals surface area contributed by atoms with Crippen LogP contribution < -0.4 is 10.6 Å². The predicted octanol–water partition coefficient (Wildman–Crippen LogP) is 2.32. The van der Waals surface area contributed by atoms with Gasteiger partial charge in [-0.3, -0.25) is 4.79 Å². The van der Waals surface area contributed by atoms with Crippen molar-refractivity contribution in [2.45, 2.75) is 59.4 Å². The van der Waals surface area contributed by atoms with Gasteiger partial charge < -0.3 is 10.6 Å². The Hall–Kier alpha value is -0.570. The first-order chi connectivity index (χ1) is 7.94. The summed E-state index contributed by atoms with van der Waals surface area (Å²) in [5.74, 6) is 0.272. The molecule has 0 saturated heterocycles. The smallest absolute Gasteiger partial charge is 0.224 e. The van der Waals surface area contributed by atoms with Gasteiger partial charge in [-0.25, -0.2) is 0 Å². The van der Waals surface area contributed by atoms with Gasteiger partial charge >= 0.3 is 0 Å². The molecule has 1 amide bonds. The molecule has 1 aliphatic carbocycles. The Labute approximate surface area is 106 Å². The summed E-state index contributed by atoms with van der Waals surface area (Å²) in [7, 11) is 0. The van der Waals surface area contributed by atoms with Gasteiger partial charge in [-0.05, 0) is 31.2 Å². The molecule has 0 spiro atoms. The molecule has 17 heavy (non-hydrogen) atoms. The third-order valence-corrected chi connectivity index (χ3v) is 3.70. The van der Waals surface area contributed by atoms with Crippen molar-refractivity contribution in [1.29, 1.82) is 0 Å². The number of nitrogens with one attached hydrogen (secondary N) is 2. The highest BCUT2D eigenvalue weighted by molar-refractivity contribution is 5.78. The van der Waals surface area contributed by atoms with Gasteiger partial charge in [-0.2, -0.15) is 0 Å². The van der Waals surface area contributed by atoms with E-state index in [1.807, 2.05) is 6.92 Å². The molecule has 3 nitrogen and oxygen atoms in total. The van der Waals surface area contributed by atoms with Crippen molar-refractivity contribution in [1.82, 2.24) is 10.6 Å². The van der Waals surface area contributed by atoms with E-state index >= 15 is 0 Å². The van der Waals surface area contributed by atoms with Gasteiger partial charge in [0.05, 0.1) is 0 Å². The Morgan fingerprint density at radius 3 is 2.76 bits per heavy atom. The maximum atomic E-state index is 12.0. The molecule has 3 heteroatoms. The monoisotopic (exact) mass is 240 g/mol. The second kappa shape index (κ2) is 6.39. The SMILES string of the molecule is CCNCC(C)C(=O)NC1CCCC(C)(C)C1. The van der Waals surface area contributed by atoms with E-state index in [-0.39, 0.29) is 11.8 Å². The number of hydrogen-bond donors (Lipinski definition) is 2. The zero-order valence-electron chi connectivity index (χ0n) is 11.8. The van der Waals surface area contributed by atoms with Crippen LogP contribution in [0.25, 0.3) is 0 Å². The molecule has 2 unspecified atom stereocenters. The van der Waals surface area contributed by atoms with Crippen molar-refractivity contribution in [2.75, 3.05) is 13.1 Å². The lowest BCUT2D eigenvalue weighted by atomic mass is 9.75. The van der Waals surface area contributed by atoms with E-state index in [9.17, 15) is 4.79 Å². The lowest BCUT2D eigenvalue weighted by Crippen LogP contribution is -2.44. The molecular formula is C14H28N2O. The summed E-state index contributed by atoms with van der Waals surface area (Å²) < 4.78 is 0. The van der Waals surface area contributed by atoms with Crippen LogP contribution in [0.3, 0.4) is 0 Å². The fourth-order valence-corrected chi connectivity index (χ4v) is 2.62. The molecule has 2 atom stereocenters. The number of rotatable bonds is 5. The van der Waals surface area contributed by atoms with Gasteiger partial charge in [0.25, 0.3) is 0 Å². The van der Waals surface area contributed by atoms with Crippen LogP contribution in [-0.4, -0.2) is 25.0 Å². The van der Waals surface area contributed by atoms with Crippen LogP contribution in [0.15, 0.2) is 0 Å². The second-order valence-electron chi connectivity index (χ2n) is 6.17. The van der Waals surface area contributed by atoms with E-state index in [1.54, 1.807) is 0 Å². The van der Waals surface area contributed by atoms with Crippen LogP contribution >= 0.6 is 0 Å². The topological polar surface area (TPSA) is 41.1 Å². The maximum Gasteiger partial charge on any atom is 0.224 e. The Bertz CT molecular complexity index is 251. The first-order valence-corrected chi connectivity index (χ1v) is 6.95. The highest BCUT2D eigenvalue weighted by Crippen LogP contribution is 2.35. The summed E-state index contributed by atoms with van der Waals surface area (Å²) in [4.78, 5) is 12.0. The first-order valence-electron chi connectivity index (χ1n) is 6.95. The molecule has 0 aromatic heterocycles. The van der Waals surface area contributed by atoms with E-state index in [1.165, 1.54) is 12.8 Å². The molecular weight excluding hydrogens is 212 g/mol. The van der Waals surface area contributed by atoms with Gasteiger partial charge in [0.2, 0.25) is 5.91 Å². The molecule has 0 aromatic carbocycles. The minimum absolute atomic E-state index is 0.0694. The third-order valence-electron chi connectivity index (χ3n) is 3.70. The van der Waals surface area contributed by atoms with E-state index < -0.39 is 0 Å². The van der Waals surface area contributed by atoms with Crippen LogP contribution in [-0.2, 0) is 4.79 Å². The van der Waals surface area contributed by atoms with Crippen molar-refractivity contribution in [3.8, 4) is 0 Å². The average molecular weight is 240 g/mol.